The molecular formula is C6H5B4F16N2-3. The van der Waals surface area contributed by atoms with Crippen LogP contribution in [0.25, 0.3) is 4.98 Å². The largest absolute Gasteiger partial charge is 0.673 e. The van der Waals surface area contributed by atoms with Crippen LogP contribution in [0.3, 0.4) is 0 Å². The zero-order chi connectivity index (χ0) is 23.8. The van der Waals surface area contributed by atoms with Crippen LogP contribution in [0.1, 0.15) is 0 Å². The van der Waals surface area contributed by atoms with E-state index in [0.29, 0.717) is 5.69 Å². The summed E-state index contributed by atoms with van der Waals surface area (Å²) in [6, 6.07) is 8.94. The quantitative estimate of drug-likeness (QED) is 0.230. The average molecular weight is 452 g/mol. The molecule has 0 saturated heterocycles. The SMILES string of the molecule is F[B-](F)(F)F.F[B-](F)(F)F.F[B-](F)(F)F.F[B-](F)(F)F.N#[N+]c1ccccc1. The van der Waals surface area contributed by atoms with Crippen LogP contribution in [0.2, 0.25) is 0 Å². The van der Waals surface area contributed by atoms with Crippen molar-refractivity contribution in [3.05, 3.63) is 35.3 Å². The minimum absolute atomic E-state index is 0.590. The first-order valence-corrected chi connectivity index (χ1v) is 5.83. The molecule has 0 aliphatic carbocycles. The molecular weight excluding hydrogens is 447 g/mol. The highest BCUT2D eigenvalue weighted by atomic mass is 19.5. The van der Waals surface area contributed by atoms with Gasteiger partial charge in [0.25, 0.3) is 0 Å². The third kappa shape index (κ3) is 204. The normalized spacial score (nSPS) is 10.8. The summed E-state index contributed by atoms with van der Waals surface area (Å²) in [6.07, 6.45) is 0. The molecule has 0 unspecified atom stereocenters. The first kappa shape index (κ1) is 33.4. The zero-order valence-corrected chi connectivity index (χ0v) is 12.6. The highest BCUT2D eigenvalue weighted by Crippen LogP contribution is 2.08. The van der Waals surface area contributed by atoms with Crippen LogP contribution in [0.5, 0.6) is 0 Å². The molecule has 2 nitrogen and oxygen atoms in total. The Morgan fingerprint density at radius 3 is 0.750 bits per heavy atom. The van der Waals surface area contributed by atoms with Gasteiger partial charge in [-0.1, -0.05) is 18.2 Å². The van der Waals surface area contributed by atoms with Gasteiger partial charge in [-0.05, 0) is 0 Å². The van der Waals surface area contributed by atoms with E-state index < -0.39 is 29.0 Å². The van der Waals surface area contributed by atoms with Crippen molar-refractivity contribution in [3.8, 4) is 0 Å². The molecule has 0 atom stereocenters. The molecule has 0 spiro atoms. The Hall–Kier alpha value is -2.22. The molecule has 0 fully saturated rings. The van der Waals surface area contributed by atoms with Crippen molar-refractivity contribution < 1.29 is 69.1 Å². The van der Waals surface area contributed by atoms with E-state index in [-0.39, 0.29) is 0 Å². The summed E-state index contributed by atoms with van der Waals surface area (Å²) in [5.74, 6) is 0. The molecule has 22 heteroatoms. The van der Waals surface area contributed by atoms with Gasteiger partial charge in [0.05, 0.1) is 0 Å². The summed E-state index contributed by atoms with van der Waals surface area (Å²) in [5, 5.41) is 8.16. The summed E-state index contributed by atoms with van der Waals surface area (Å²) in [7, 11) is -24.0. The van der Waals surface area contributed by atoms with Crippen molar-refractivity contribution in [1.82, 2.24) is 0 Å². The molecule has 0 radical (unpaired) electrons. The number of benzene rings is 1. The molecule has 166 valence electrons. The highest BCUT2D eigenvalue weighted by molar-refractivity contribution is 6.50. The lowest BCUT2D eigenvalue weighted by atomic mass is 10.3. The summed E-state index contributed by atoms with van der Waals surface area (Å²) < 4.78 is 156. The third-order valence-corrected chi connectivity index (χ3v) is 0.872. The van der Waals surface area contributed by atoms with Crippen molar-refractivity contribution in [3.63, 3.8) is 0 Å². The molecule has 0 aliphatic heterocycles. The van der Waals surface area contributed by atoms with Crippen LogP contribution in [-0.4, -0.2) is 29.0 Å². The Morgan fingerprint density at radius 2 is 0.643 bits per heavy atom. The van der Waals surface area contributed by atoms with Crippen LogP contribution >= 0.6 is 0 Å². The molecule has 28 heavy (non-hydrogen) atoms. The van der Waals surface area contributed by atoms with E-state index in [0.717, 1.165) is 0 Å². The lowest BCUT2D eigenvalue weighted by Crippen LogP contribution is -2.02. The first-order valence-electron chi connectivity index (χ1n) is 5.83. The number of hydrogen-bond donors (Lipinski definition) is 0. The lowest BCUT2D eigenvalue weighted by Gasteiger charge is -1.94. The Balaban J connectivity index is -0.000000131. The van der Waals surface area contributed by atoms with Crippen molar-refractivity contribution in [1.29, 1.82) is 5.39 Å². The maximum Gasteiger partial charge on any atom is 0.673 e. The van der Waals surface area contributed by atoms with Crippen LogP contribution in [-0.2, 0) is 0 Å². The summed E-state index contributed by atoms with van der Waals surface area (Å²) in [5.41, 5.74) is 0.590. The van der Waals surface area contributed by atoms with Gasteiger partial charge in [0, 0.05) is 12.1 Å². The van der Waals surface area contributed by atoms with E-state index in [1.54, 1.807) is 12.1 Å². The summed E-state index contributed by atoms with van der Waals surface area (Å²) >= 11 is 0. The van der Waals surface area contributed by atoms with Gasteiger partial charge >= 0.3 is 34.7 Å². The maximum atomic E-state index is 9.75. The van der Waals surface area contributed by atoms with Gasteiger partial charge in [0.2, 0.25) is 5.39 Å². The highest BCUT2D eigenvalue weighted by Gasteiger charge is 2.21. The van der Waals surface area contributed by atoms with Gasteiger partial charge < -0.3 is 69.1 Å². The van der Waals surface area contributed by atoms with Gasteiger partial charge in [0.1, 0.15) is 0 Å². The minimum atomic E-state index is -6.00. The van der Waals surface area contributed by atoms with Crippen molar-refractivity contribution >= 4 is 34.7 Å². The molecule has 0 N–H and O–H groups in total. The van der Waals surface area contributed by atoms with Gasteiger partial charge in [-0.15, -0.1) is 0 Å². The molecule has 0 saturated carbocycles. The molecule has 1 aromatic carbocycles. The second-order valence-corrected chi connectivity index (χ2v) is 3.42. The van der Waals surface area contributed by atoms with Gasteiger partial charge in [-0.3, -0.25) is 0 Å². The number of rotatable bonds is 0. The Labute approximate surface area is 145 Å². The van der Waals surface area contributed by atoms with Gasteiger partial charge in [-0.25, -0.2) is 0 Å². The predicted molar refractivity (Wildman–Crippen MR) is 71.9 cm³/mol. The molecule has 0 amide bonds. The fraction of sp³-hybridized carbons (Fsp3) is 0. The van der Waals surface area contributed by atoms with Crippen LogP contribution in [0.4, 0.5) is 74.7 Å². The number of halogens is 16. The van der Waals surface area contributed by atoms with Crippen molar-refractivity contribution in [2.24, 2.45) is 0 Å². The monoisotopic (exact) mass is 453 g/mol. The first-order chi connectivity index (χ1) is 11.9. The van der Waals surface area contributed by atoms with E-state index in [9.17, 15) is 69.1 Å². The Bertz CT molecular complexity index is 444. The van der Waals surface area contributed by atoms with Crippen molar-refractivity contribution in [2.45, 2.75) is 0 Å². The predicted octanol–water partition coefficient (Wildman–Crippen LogP) is 7.37. The molecule has 1 rings (SSSR count). The molecule has 0 aliphatic rings. The van der Waals surface area contributed by atoms with E-state index in [2.05, 4.69) is 4.98 Å². The Morgan fingerprint density at radius 1 is 0.464 bits per heavy atom. The van der Waals surface area contributed by atoms with Crippen molar-refractivity contribution in [2.75, 3.05) is 0 Å². The third-order valence-electron chi connectivity index (χ3n) is 0.872. The smallest absolute Gasteiger partial charge is 0.418 e. The average Bonchev–Trinajstić information content (AvgIpc) is 2.31. The molecule has 0 heterocycles. The second kappa shape index (κ2) is 14.8. The van der Waals surface area contributed by atoms with E-state index in [1.807, 2.05) is 18.2 Å². The number of nitrogens with zero attached hydrogens (tertiary/aromatic N) is 2. The fourth-order valence-electron chi connectivity index (χ4n) is 0.495. The Kier molecular flexibility index (Phi) is 17.6. The van der Waals surface area contributed by atoms with E-state index in [4.69, 9.17) is 5.39 Å². The van der Waals surface area contributed by atoms with Crippen LogP contribution < -0.4 is 0 Å². The van der Waals surface area contributed by atoms with Gasteiger partial charge in [-0.2, -0.15) is 0 Å². The fourth-order valence-corrected chi connectivity index (χ4v) is 0.495. The standard InChI is InChI=1S/C6H5N2.4BF4/c7-8-6-4-2-1-3-5-6;4*2-1(3,4)5/h1-5H;;;;/q+1;4*-1. The lowest BCUT2D eigenvalue weighted by molar-refractivity contribution is 0.366. The maximum absolute atomic E-state index is 9.75. The number of hydrogen-bond acceptors (Lipinski definition) is 1. The summed E-state index contributed by atoms with van der Waals surface area (Å²) in [4.78, 5) is 2.97. The van der Waals surface area contributed by atoms with E-state index in [1.165, 1.54) is 0 Å². The topological polar surface area (TPSA) is 28.1 Å². The van der Waals surface area contributed by atoms with E-state index >= 15 is 0 Å². The number of diazo groups is 1. The molecule has 1 aromatic rings. The van der Waals surface area contributed by atoms with Crippen LogP contribution in [0, 0.1) is 5.39 Å². The minimum Gasteiger partial charge on any atom is -0.418 e. The van der Waals surface area contributed by atoms with Gasteiger partial charge in [0.15, 0.2) is 4.98 Å². The van der Waals surface area contributed by atoms with Crippen LogP contribution in [0.15, 0.2) is 30.3 Å². The molecule has 0 bridgehead atoms. The second-order valence-electron chi connectivity index (χ2n) is 3.42. The zero-order valence-electron chi connectivity index (χ0n) is 12.6. The molecule has 0 aromatic heterocycles. The summed E-state index contributed by atoms with van der Waals surface area (Å²) in [6.45, 7) is 0.